The van der Waals surface area contributed by atoms with Gasteiger partial charge in [0.1, 0.15) is 0 Å². The molecule has 0 aliphatic rings. The van der Waals surface area contributed by atoms with Crippen molar-refractivity contribution in [2.75, 3.05) is 0 Å². The third-order valence-electron chi connectivity index (χ3n) is 0.461. The normalized spacial score (nSPS) is 16.7. The molecule has 0 aromatic rings. The van der Waals surface area contributed by atoms with Crippen LogP contribution in [0.4, 0.5) is 13.2 Å². The van der Waals surface area contributed by atoms with Crippen molar-refractivity contribution in [1.29, 1.82) is 0 Å². The Morgan fingerprint density at radius 1 is 1.43 bits per heavy atom. The molecule has 43 valence electrons. The molecule has 0 aliphatic carbocycles. The van der Waals surface area contributed by atoms with E-state index in [0.29, 0.717) is 6.92 Å². The highest BCUT2D eigenvalue weighted by molar-refractivity contribution is 4.55. The lowest BCUT2D eigenvalue weighted by atomic mass is 10.4. The van der Waals surface area contributed by atoms with Gasteiger partial charge in [-0.3, -0.25) is 0 Å². The molecule has 0 saturated heterocycles. The minimum Gasteiger partial charge on any atom is -0.223 e. The van der Waals surface area contributed by atoms with E-state index in [2.05, 4.69) is 0 Å². The lowest BCUT2D eigenvalue weighted by molar-refractivity contribution is -0.214. The molecule has 0 aromatic carbocycles. The molecule has 0 aromatic heterocycles. The van der Waals surface area contributed by atoms with Gasteiger partial charge in [0.25, 0.3) is 0 Å². The summed E-state index contributed by atoms with van der Waals surface area (Å²) in [6.45, 7) is 0.569. The summed E-state index contributed by atoms with van der Waals surface area (Å²) >= 11 is 0. The predicted molar refractivity (Wildman–Crippen MR) is 16.2 cm³/mol. The average Bonchev–Trinajstić information content (AvgIpc) is 1.31. The van der Waals surface area contributed by atoms with Gasteiger partial charge >= 0.3 is 6.18 Å². The van der Waals surface area contributed by atoms with E-state index < -0.39 is 12.3 Å². The molecule has 7 heavy (non-hydrogen) atoms. The largest absolute Gasteiger partial charge is 0.417 e. The molecular weight excluding hydrogens is 109 g/mol. The van der Waals surface area contributed by atoms with Crippen LogP contribution in [-0.4, -0.2) is 12.3 Å². The number of hydrogen-bond acceptors (Lipinski definition) is 0. The van der Waals surface area contributed by atoms with E-state index in [1.807, 2.05) is 0 Å². The maximum atomic E-state index is 10.9. The zero-order valence-electron chi connectivity index (χ0n) is 3.62. The van der Waals surface area contributed by atoms with Gasteiger partial charge in [-0.15, -0.1) is 0 Å². The zero-order valence-corrected chi connectivity index (χ0v) is 3.62. The quantitative estimate of drug-likeness (QED) is 0.452. The van der Waals surface area contributed by atoms with Gasteiger partial charge in [-0.05, 0) is 6.92 Å². The van der Waals surface area contributed by atoms with Gasteiger partial charge in [0, 0.05) is 0 Å². The monoisotopic (exact) mass is 113 g/mol. The highest BCUT2D eigenvalue weighted by atomic mass is 19.4. The Labute approximate surface area is 38.8 Å². The number of halogens is 3. The Hall–Kier alpha value is -0.250. The first-order chi connectivity index (χ1) is 2.94. The van der Waals surface area contributed by atoms with Crippen molar-refractivity contribution < 1.29 is 18.3 Å². The summed E-state index contributed by atoms with van der Waals surface area (Å²) in [6, 6.07) is 0. The predicted octanol–water partition coefficient (Wildman–Crippen LogP) is 1.37. The lowest BCUT2D eigenvalue weighted by Gasteiger charge is -2.04. The van der Waals surface area contributed by atoms with Gasteiger partial charge in [-0.25, -0.2) is 5.11 Å². The van der Waals surface area contributed by atoms with Gasteiger partial charge in [-0.1, -0.05) is 0 Å². The minimum absolute atomic E-state index is 0.569. The highest BCUT2D eigenvalue weighted by Crippen LogP contribution is 2.18. The molecule has 0 heterocycles. The fraction of sp³-hybridized carbons (Fsp3) is 1.00. The fourth-order valence-corrected chi connectivity index (χ4v) is 0. The van der Waals surface area contributed by atoms with E-state index in [1.54, 1.807) is 0 Å². The summed E-state index contributed by atoms with van der Waals surface area (Å²) < 4.78 is 32.6. The summed E-state index contributed by atoms with van der Waals surface area (Å²) in [4.78, 5) is 0. The molecule has 0 unspecified atom stereocenters. The Kier molecular flexibility index (Phi) is 1.63. The summed E-state index contributed by atoms with van der Waals surface area (Å²) in [5, 5.41) is 9.42. The Bertz CT molecular complexity index is 55.7. The zero-order chi connectivity index (χ0) is 6.08. The van der Waals surface area contributed by atoms with Gasteiger partial charge in [0.15, 0.2) is 6.10 Å². The van der Waals surface area contributed by atoms with E-state index in [9.17, 15) is 18.3 Å². The molecule has 4 heteroatoms. The van der Waals surface area contributed by atoms with E-state index in [0.717, 1.165) is 0 Å². The van der Waals surface area contributed by atoms with Crippen LogP contribution in [0.2, 0.25) is 0 Å². The molecule has 0 aliphatic heterocycles. The number of alkyl halides is 3. The first-order valence-electron chi connectivity index (χ1n) is 1.67. The number of rotatable bonds is 0. The molecule has 0 bridgehead atoms. The number of hydrogen-bond donors (Lipinski definition) is 0. The Balaban J connectivity index is 3.54. The van der Waals surface area contributed by atoms with Crippen LogP contribution in [-0.2, 0) is 5.11 Å². The van der Waals surface area contributed by atoms with Crippen molar-refractivity contribution in [3.63, 3.8) is 0 Å². The SMILES string of the molecule is C[C@H]([O])C(F)(F)F. The second kappa shape index (κ2) is 1.69. The summed E-state index contributed by atoms with van der Waals surface area (Å²) in [7, 11) is 0. The lowest BCUT2D eigenvalue weighted by Crippen LogP contribution is -2.23. The molecule has 0 N–H and O–H groups in total. The van der Waals surface area contributed by atoms with Crippen molar-refractivity contribution in [2.24, 2.45) is 0 Å². The minimum atomic E-state index is -4.56. The van der Waals surface area contributed by atoms with Gasteiger partial charge in [0.2, 0.25) is 0 Å². The summed E-state index contributed by atoms with van der Waals surface area (Å²) in [5.74, 6) is 0. The molecule has 1 atom stereocenters. The van der Waals surface area contributed by atoms with Crippen molar-refractivity contribution in [3.8, 4) is 0 Å². The van der Waals surface area contributed by atoms with Gasteiger partial charge < -0.3 is 0 Å². The third kappa shape index (κ3) is 2.45. The van der Waals surface area contributed by atoms with Crippen molar-refractivity contribution in [3.05, 3.63) is 0 Å². The molecule has 0 rings (SSSR count). The van der Waals surface area contributed by atoms with Crippen LogP contribution in [0.3, 0.4) is 0 Å². The molecule has 0 spiro atoms. The first kappa shape index (κ1) is 6.75. The van der Waals surface area contributed by atoms with Crippen LogP contribution in [0, 0.1) is 0 Å². The van der Waals surface area contributed by atoms with Gasteiger partial charge in [-0.2, -0.15) is 13.2 Å². The highest BCUT2D eigenvalue weighted by Gasteiger charge is 2.35. The van der Waals surface area contributed by atoms with E-state index in [-0.39, 0.29) is 0 Å². The second-order valence-corrected chi connectivity index (χ2v) is 1.18. The summed E-state index contributed by atoms with van der Waals surface area (Å²) in [6.07, 6.45) is -7.01. The summed E-state index contributed by atoms with van der Waals surface area (Å²) in [5.41, 5.74) is 0. The Morgan fingerprint density at radius 2 is 1.57 bits per heavy atom. The van der Waals surface area contributed by atoms with E-state index in [1.165, 1.54) is 0 Å². The third-order valence-corrected chi connectivity index (χ3v) is 0.461. The molecule has 1 nitrogen and oxygen atoms in total. The van der Waals surface area contributed by atoms with Gasteiger partial charge in [0.05, 0.1) is 0 Å². The van der Waals surface area contributed by atoms with Crippen LogP contribution < -0.4 is 0 Å². The molecular formula is C3H4F3O. The molecule has 0 amide bonds. The second-order valence-electron chi connectivity index (χ2n) is 1.18. The molecule has 1 radical (unpaired) electrons. The van der Waals surface area contributed by atoms with E-state index in [4.69, 9.17) is 0 Å². The topological polar surface area (TPSA) is 19.9 Å². The van der Waals surface area contributed by atoms with Crippen LogP contribution in [0.5, 0.6) is 0 Å². The van der Waals surface area contributed by atoms with Crippen molar-refractivity contribution in [1.82, 2.24) is 0 Å². The molecule has 0 fully saturated rings. The van der Waals surface area contributed by atoms with Crippen LogP contribution in [0.15, 0.2) is 0 Å². The Morgan fingerprint density at radius 3 is 1.57 bits per heavy atom. The maximum absolute atomic E-state index is 10.9. The van der Waals surface area contributed by atoms with Crippen molar-refractivity contribution >= 4 is 0 Å². The van der Waals surface area contributed by atoms with Crippen LogP contribution in [0.25, 0.3) is 0 Å². The molecule has 0 saturated carbocycles. The van der Waals surface area contributed by atoms with E-state index >= 15 is 0 Å². The van der Waals surface area contributed by atoms with Crippen molar-refractivity contribution in [2.45, 2.75) is 19.2 Å². The first-order valence-corrected chi connectivity index (χ1v) is 1.67. The van der Waals surface area contributed by atoms with Crippen LogP contribution >= 0.6 is 0 Å². The fourth-order valence-electron chi connectivity index (χ4n) is 0. The van der Waals surface area contributed by atoms with Crippen LogP contribution in [0.1, 0.15) is 6.92 Å². The smallest absolute Gasteiger partial charge is 0.223 e. The standard InChI is InChI=1S/C3H4F3O/c1-2(7)3(4,5)6/h2H,1H3/t2-/m0/s1. The maximum Gasteiger partial charge on any atom is 0.417 e. The average molecular weight is 113 g/mol.